The number of amides is 5. The van der Waals surface area contributed by atoms with E-state index >= 15 is 0 Å². The van der Waals surface area contributed by atoms with Crippen LogP contribution in [0.2, 0.25) is 0 Å². The van der Waals surface area contributed by atoms with Crippen molar-refractivity contribution in [2.75, 3.05) is 14.1 Å². The van der Waals surface area contributed by atoms with Crippen LogP contribution in [-0.4, -0.2) is 53.7 Å². The van der Waals surface area contributed by atoms with Crippen LogP contribution in [0.25, 0.3) is 0 Å². The van der Waals surface area contributed by atoms with Crippen LogP contribution in [0.1, 0.15) is 13.8 Å². The van der Waals surface area contributed by atoms with E-state index < -0.39 is 29.7 Å². The van der Waals surface area contributed by atoms with Crippen molar-refractivity contribution in [1.82, 2.24) is 15.1 Å². The third-order valence-electron chi connectivity index (χ3n) is 2.42. The minimum absolute atomic E-state index is 0.184. The predicted molar refractivity (Wildman–Crippen MR) is 57.7 cm³/mol. The van der Waals surface area contributed by atoms with Gasteiger partial charge in [0.15, 0.2) is 5.92 Å². The predicted octanol–water partition coefficient (Wildman–Crippen LogP) is -0.822. The number of carbonyl (C=O) groups is 4. The maximum absolute atomic E-state index is 11.7. The second-order valence-corrected chi connectivity index (χ2v) is 4.17. The Balaban J connectivity index is 2.98. The third kappa shape index (κ3) is 2.27. The Bertz CT molecular complexity index is 367. The van der Waals surface area contributed by atoms with E-state index in [0.29, 0.717) is 0 Å². The van der Waals surface area contributed by atoms with Crippen LogP contribution in [0, 0.1) is 5.92 Å². The average Bonchev–Trinajstić information content (AvgIpc) is 2.23. The SMILES string of the molecule is CC(C)NC(=O)C1C(=O)N(C)C(=O)N(C)C1=O. The van der Waals surface area contributed by atoms with E-state index in [1.165, 1.54) is 14.1 Å². The van der Waals surface area contributed by atoms with Crippen LogP contribution in [0.5, 0.6) is 0 Å². The molecule has 0 aliphatic carbocycles. The van der Waals surface area contributed by atoms with Crippen molar-refractivity contribution in [1.29, 1.82) is 0 Å². The van der Waals surface area contributed by atoms with E-state index in [-0.39, 0.29) is 6.04 Å². The summed E-state index contributed by atoms with van der Waals surface area (Å²) in [6.45, 7) is 3.43. The van der Waals surface area contributed by atoms with E-state index in [4.69, 9.17) is 0 Å². The average molecular weight is 241 g/mol. The Hall–Kier alpha value is -1.92. The van der Waals surface area contributed by atoms with Crippen molar-refractivity contribution in [3.63, 3.8) is 0 Å². The van der Waals surface area contributed by atoms with Crippen molar-refractivity contribution >= 4 is 23.8 Å². The van der Waals surface area contributed by atoms with Crippen molar-refractivity contribution < 1.29 is 19.2 Å². The molecule has 1 rings (SSSR count). The molecule has 7 heteroatoms. The summed E-state index contributed by atoms with van der Waals surface area (Å²) in [6, 6.07) is -0.912. The standard InChI is InChI=1S/C10H15N3O4/c1-5(2)11-7(14)6-8(15)12(3)10(17)13(4)9(6)16/h5-6H,1-4H3,(H,11,14). The molecule has 1 fully saturated rings. The van der Waals surface area contributed by atoms with Gasteiger partial charge in [-0.25, -0.2) is 4.79 Å². The Labute approximate surface area is 98.7 Å². The first-order chi connectivity index (χ1) is 7.77. The summed E-state index contributed by atoms with van der Waals surface area (Å²) < 4.78 is 0. The smallest absolute Gasteiger partial charge is 0.332 e. The molecule has 0 atom stereocenters. The molecule has 94 valence electrons. The van der Waals surface area contributed by atoms with Gasteiger partial charge in [0.1, 0.15) is 0 Å². The number of carbonyl (C=O) groups excluding carboxylic acids is 4. The first-order valence-corrected chi connectivity index (χ1v) is 5.16. The topological polar surface area (TPSA) is 86.8 Å². The zero-order valence-electron chi connectivity index (χ0n) is 10.2. The van der Waals surface area contributed by atoms with Gasteiger partial charge in [0.05, 0.1) is 0 Å². The highest BCUT2D eigenvalue weighted by Gasteiger charge is 2.46. The number of rotatable bonds is 2. The molecule has 5 amide bonds. The van der Waals surface area contributed by atoms with Gasteiger partial charge in [0, 0.05) is 20.1 Å². The molecule has 0 aromatic rings. The van der Waals surface area contributed by atoms with Crippen molar-refractivity contribution in [3.8, 4) is 0 Å². The normalized spacial score (nSPS) is 18.1. The number of hydrogen-bond acceptors (Lipinski definition) is 4. The molecular weight excluding hydrogens is 226 g/mol. The number of hydrogen-bond donors (Lipinski definition) is 1. The molecule has 17 heavy (non-hydrogen) atoms. The van der Waals surface area contributed by atoms with Gasteiger partial charge in [-0.3, -0.25) is 24.2 Å². The molecule has 1 saturated heterocycles. The molecule has 1 aliphatic rings. The molecule has 0 spiro atoms. The molecule has 0 unspecified atom stereocenters. The second kappa shape index (κ2) is 4.52. The van der Waals surface area contributed by atoms with Gasteiger partial charge >= 0.3 is 6.03 Å². The molecule has 0 saturated carbocycles. The highest BCUT2D eigenvalue weighted by atomic mass is 16.2. The van der Waals surface area contributed by atoms with Crippen LogP contribution in [0.4, 0.5) is 4.79 Å². The summed E-state index contributed by atoms with van der Waals surface area (Å²) in [5.41, 5.74) is 0. The quantitative estimate of drug-likeness (QED) is 0.640. The summed E-state index contributed by atoms with van der Waals surface area (Å²) in [5, 5.41) is 2.48. The largest absolute Gasteiger partial charge is 0.353 e. The van der Waals surface area contributed by atoms with E-state index in [0.717, 1.165) is 9.80 Å². The lowest BCUT2D eigenvalue weighted by Crippen LogP contribution is -2.61. The number of urea groups is 1. The molecule has 0 radical (unpaired) electrons. The fourth-order valence-corrected chi connectivity index (χ4v) is 1.50. The first-order valence-electron chi connectivity index (χ1n) is 5.16. The summed E-state index contributed by atoms with van der Waals surface area (Å²) in [4.78, 5) is 48.1. The van der Waals surface area contributed by atoms with E-state index in [1.54, 1.807) is 13.8 Å². The zero-order valence-corrected chi connectivity index (χ0v) is 10.2. The molecular formula is C10H15N3O4. The van der Waals surface area contributed by atoms with Crippen LogP contribution in [-0.2, 0) is 14.4 Å². The van der Waals surface area contributed by atoms with Crippen molar-refractivity contribution in [2.24, 2.45) is 5.92 Å². The Morgan fingerprint density at radius 3 is 1.88 bits per heavy atom. The minimum atomic E-state index is -1.47. The Morgan fingerprint density at radius 2 is 1.53 bits per heavy atom. The zero-order chi connectivity index (χ0) is 13.3. The summed E-state index contributed by atoms with van der Waals surface area (Å²) in [7, 11) is 2.48. The highest BCUT2D eigenvalue weighted by Crippen LogP contribution is 2.15. The fourth-order valence-electron chi connectivity index (χ4n) is 1.50. The van der Waals surface area contributed by atoms with Gasteiger partial charge in [-0.05, 0) is 13.8 Å². The number of nitrogens with zero attached hydrogens (tertiary/aromatic N) is 2. The van der Waals surface area contributed by atoms with E-state index in [9.17, 15) is 19.2 Å². The molecule has 0 aromatic carbocycles. The van der Waals surface area contributed by atoms with E-state index in [1.807, 2.05) is 0 Å². The molecule has 1 aliphatic heterocycles. The van der Waals surface area contributed by atoms with Gasteiger partial charge in [-0.15, -0.1) is 0 Å². The maximum atomic E-state index is 11.7. The van der Waals surface area contributed by atoms with E-state index in [2.05, 4.69) is 5.32 Å². The van der Waals surface area contributed by atoms with Crippen LogP contribution in [0.15, 0.2) is 0 Å². The lowest BCUT2D eigenvalue weighted by molar-refractivity contribution is -0.152. The van der Waals surface area contributed by atoms with Crippen molar-refractivity contribution in [3.05, 3.63) is 0 Å². The highest BCUT2D eigenvalue weighted by molar-refractivity contribution is 6.25. The number of barbiturate groups is 1. The molecule has 7 nitrogen and oxygen atoms in total. The summed E-state index contributed by atoms with van der Waals surface area (Å²) in [6.07, 6.45) is 0. The summed E-state index contributed by atoms with van der Waals surface area (Å²) in [5.74, 6) is -3.74. The van der Waals surface area contributed by atoms with Gasteiger partial charge < -0.3 is 5.32 Å². The van der Waals surface area contributed by atoms with Gasteiger partial charge in [0.25, 0.3) is 11.8 Å². The monoisotopic (exact) mass is 241 g/mol. The molecule has 0 bridgehead atoms. The third-order valence-corrected chi connectivity index (χ3v) is 2.42. The number of imide groups is 2. The fraction of sp³-hybridized carbons (Fsp3) is 0.600. The summed E-state index contributed by atoms with van der Waals surface area (Å²) >= 11 is 0. The first kappa shape index (κ1) is 13.1. The van der Waals surface area contributed by atoms with Crippen molar-refractivity contribution in [2.45, 2.75) is 19.9 Å². The van der Waals surface area contributed by atoms with Crippen LogP contribution in [0.3, 0.4) is 0 Å². The van der Waals surface area contributed by atoms with Gasteiger partial charge in [-0.1, -0.05) is 0 Å². The molecule has 1 N–H and O–H groups in total. The Kier molecular flexibility index (Phi) is 3.50. The molecule has 0 aromatic heterocycles. The van der Waals surface area contributed by atoms with Gasteiger partial charge in [0.2, 0.25) is 5.91 Å². The Morgan fingerprint density at radius 1 is 1.12 bits per heavy atom. The number of nitrogens with one attached hydrogen (secondary N) is 1. The van der Waals surface area contributed by atoms with Crippen LogP contribution < -0.4 is 5.32 Å². The lowest BCUT2D eigenvalue weighted by atomic mass is 10.0. The van der Waals surface area contributed by atoms with Gasteiger partial charge in [-0.2, -0.15) is 0 Å². The second-order valence-electron chi connectivity index (χ2n) is 4.17. The maximum Gasteiger partial charge on any atom is 0.332 e. The molecule has 1 heterocycles. The lowest BCUT2D eigenvalue weighted by Gasteiger charge is -2.32. The minimum Gasteiger partial charge on any atom is -0.353 e. The van der Waals surface area contributed by atoms with Crippen LogP contribution >= 0.6 is 0 Å².